The summed E-state index contributed by atoms with van der Waals surface area (Å²) >= 11 is 0. The van der Waals surface area contributed by atoms with E-state index in [4.69, 9.17) is 19.2 Å². The van der Waals surface area contributed by atoms with Crippen LogP contribution in [0.1, 0.15) is 55.2 Å². The highest BCUT2D eigenvalue weighted by atomic mass is 19.1. The van der Waals surface area contributed by atoms with Gasteiger partial charge in [-0.15, -0.1) is 0 Å². The molecule has 2 aliphatic heterocycles. The SMILES string of the molecule is O=C(NC1CC2(CCN(CC3(O)CCN(c4ccc(-c5ccc(OCc6ccccc6)nc5OCc5ccccc5)cc4F)CC3)CC2)C1)OCc1ccccc1. The van der Waals surface area contributed by atoms with E-state index in [0.717, 1.165) is 55.5 Å². The van der Waals surface area contributed by atoms with Crippen LogP contribution >= 0.6 is 0 Å². The summed E-state index contributed by atoms with van der Waals surface area (Å²) in [6.45, 7) is 4.57. The number of hydrogen-bond donors (Lipinski definition) is 2. The molecule has 1 saturated carbocycles. The molecule has 3 fully saturated rings. The Morgan fingerprint density at radius 1 is 0.737 bits per heavy atom. The Morgan fingerprint density at radius 3 is 1.95 bits per heavy atom. The van der Waals surface area contributed by atoms with Gasteiger partial charge in [-0.05, 0) is 97.5 Å². The number of aromatic nitrogens is 1. The van der Waals surface area contributed by atoms with Gasteiger partial charge in [0.1, 0.15) is 25.6 Å². The lowest BCUT2D eigenvalue weighted by atomic mass is 9.60. The molecule has 0 bridgehead atoms. The molecule has 9 nitrogen and oxygen atoms in total. The Balaban J connectivity index is 0.828. The Bertz CT molecular complexity index is 2080. The summed E-state index contributed by atoms with van der Waals surface area (Å²) in [6, 6.07) is 38.6. The van der Waals surface area contributed by atoms with E-state index in [1.54, 1.807) is 12.1 Å². The molecular formula is C47H51FN4O5. The van der Waals surface area contributed by atoms with Crippen LogP contribution in [-0.4, -0.2) is 65.5 Å². The van der Waals surface area contributed by atoms with E-state index in [1.807, 2.05) is 114 Å². The van der Waals surface area contributed by atoms with Gasteiger partial charge in [-0.1, -0.05) is 97.1 Å². The molecule has 1 amide bonds. The summed E-state index contributed by atoms with van der Waals surface area (Å²) in [7, 11) is 0. The van der Waals surface area contributed by atoms with Gasteiger partial charge in [0.15, 0.2) is 0 Å². The third-order valence-electron chi connectivity index (χ3n) is 11.9. The number of alkyl carbamates (subject to hydrolysis) is 1. The largest absolute Gasteiger partial charge is 0.473 e. The van der Waals surface area contributed by atoms with E-state index in [0.29, 0.717) is 74.3 Å². The number of carbonyl (C=O) groups excluding carboxylic acids is 1. The number of amides is 1. The molecule has 0 atom stereocenters. The number of nitrogens with zero attached hydrogens (tertiary/aromatic N) is 3. The number of anilines is 1. The number of rotatable bonds is 13. The van der Waals surface area contributed by atoms with Crippen molar-refractivity contribution in [1.82, 2.24) is 15.2 Å². The summed E-state index contributed by atoms with van der Waals surface area (Å²) in [5.74, 6) is 0.474. The number of benzene rings is 4. The normalized spacial score (nSPS) is 17.8. The smallest absolute Gasteiger partial charge is 0.407 e. The topological polar surface area (TPSA) is 96.4 Å². The Labute approximate surface area is 334 Å². The predicted molar refractivity (Wildman–Crippen MR) is 218 cm³/mol. The zero-order chi connectivity index (χ0) is 39.1. The van der Waals surface area contributed by atoms with E-state index >= 15 is 4.39 Å². The molecule has 1 aromatic heterocycles. The van der Waals surface area contributed by atoms with Gasteiger partial charge in [0.05, 0.1) is 11.3 Å². The highest BCUT2D eigenvalue weighted by Gasteiger charge is 2.47. The molecule has 5 aromatic rings. The fourth-order valence-corrected chi connectivity index (χ4v) is 8.57. The van der Waals surface area contributed by atoms with Gasteiger partial charge in [0, 0.05) is 37.3 Å². The average molecular weight is 771 g/mol. The molecule has 10 heteroatoms. The van der Waals surface area contributed by atoms with Crippen molar-refractivity contribution < 1.29 is 28.5 Å². The van der Waals surface area contributed by atoms with Gasteiger partial charge in [-0.2, -0.15) is 4.98 Å². The molecule has 1 spiro atoms. The quantitative estimate of drug-likeness (QED) is 0.123. The van der Waals surface area contributed by atoms with Crippen LogP contribution in [0.4, 0.5) is 14.9 Å². The second-order valence-corrected chi connectivity index (χ2v) is 16.0. The first-order valence-electron chi connectivity index (χ1n) is 20.1. The van der Waals surface area contributed by atoms with Gasteiger partial charge in [-0.3, -0.25) is 0 Å². The zero-order valence-electron chi connectivity index (χ0n) is 32.3. The number of ether oxygens (including phenoxy) is 3. The molecule has 8 rings (SSSR count). The minimum absolute atomic E-state index is 0.153. The summed E-state index contributed by atoms with van der Waals surface area (Å²) in [6.07, 6.45) is 4.84. The van der Waals surface area contributed by atoms with Crippen LogP contribution in [0.25, 0.3) is 11.1 Å². The third kappa shape index (κ3) is 9.75. The average Bonchev–Trinajstić information content (AvgIpc) is 3.23. The number of halogens is 1. The number of carbonyl (C=O) groups is 1. The second kappa shape index (κ2) is 17.4. The van der Waals surface area contributed by atoms with E-state index < -0.39 is 5.60 Å². The summed E-state index contributed by atoms with van der Waals surface area (Å²) in [4.78, 5) is 21.5. The molecule has 2 saturated heterocycles. The van der Waals surface area contributed by atoms with Gasteiger partial charge in [-0.25, -0.2) is 9.18 Å². The molecule has 57 heavy (non-hydrogen) atoms. The standard InChI is InChI=1S/C47H51FN4O5/c48-41-28-38(40-17-19-43(55-31-35-10-4-1-5-11-35)50-44(40)56-32-36-12-6-2-7-13-36)16-18-42(41)52-26-22-47(54,23-27-52)34-51-24-20-46(21-25-51)29-39(30-46)49-45(53)57-33-37-14-8-3-9-15-37/h1-19,28,39,54H,20-27,29-34H2,(H,49,53). The van der Waals surface area contributed by atoms with Gasteiger partial charge in [0.25, 0.3) is 0 Å². The predicted octanol–water partition coefficient (Wildman–Crippen LogP) is 8.55. The molecule has 1 aliphatic carbocycles. The number of β-amino-alcohol motifs (C(OH)–C–C–N with tert-alkyl or cyclic N) is 1. The van der Waals surface area contributed by atoms with Crippen molar-refractivity contribution >= 4 is 11.8 Å². The molecule has 296 valence electrons. The van der Waals surface area contributed by atoms with Crippen molar-refractivity contribution in [2.75, 3.05) is 37.6 Å². The van der Waals surface area contributed by atoms with Crippen molar-refractivity contribution in [3.63, 3.8) is 0 Å². The number of pyridine rings is 1. The number of aliphatic hydroxyl groups is 1. The van der Waals surface area contributed by atoms with Crippen molar-refractivity contribution in [2.24, 2.45) is 5.41 Å². The van der Waals surface area contributed by atoms with E-state index in [1.165, 1.54) is 0 Å². The van der Waals surface area contributed by atoms with E-state index in [-0.39, 0.29) is 30.0 Å². The zero-order valence-corrected chi connectivity index (χ0v) is 32.3. The molecule has 3 aliphatic rings. The fourth-order valence-electron chi connectivity index (χ4n) is 8.57. The van der Waals surface area contributed by atoms with Crippen LogP contribution in [0.15, 0.2) is 121 Å². The van der Waals surface area contributed by atoms with Gasteiger partial charge >= 0.3 is 6.09 Å². The van der Waals surface area contributed by atoms with Gasteiger partial charge < -0.3 is 34.4 Å². The summed E-state index contributed by atoms with van der Waals surface area (Å²) in [5, 5.41) is 14.7. The van der Waals surface area contributed by atoms with Crippen LogP contribution in [0, 0.1) is 11.2 Å². The van der Waals surface area contributed by atoms with Crippen LogP contribution < -0.4 is 19.7 Å². The number of likely N-dealkylation sites (tertiary alicyclic amines) is 1. The Morgan fingerprint density at radius 2 is 1.33 bits per heavy atom. The molecule has 4 aromatic carbocycles. The molecular weight excluding hydrogens is 720 g/mol. The lowest BCUT2D eigenvalue weighted by molar-refractivity contribution is -0.0485. The first kappa shape index (κ1) is 38.4. The number of piperidine rings is 2. The minimum atomic E-state index is -0.815. The lowest BCUT2D eigenvalue weighted by Crippen LogP contribution is -2.57. The van der Waals surface area contributed by atoms with Crippen molar-refractivity contribution in [2.45, 2.75) is 70.0 Å². The first-order chi connectivity index (χ1) is 27.8. The maximum absolute atomic E-state index is 15.9. The lowest BCUT2D eigenvalue weighted by Gasteiger charge is -2.53. The maximum atomic E-state index is 15.9. The second-order valence-electron chi connectivity index (χ2n) is 16.0. The van der Waals surface area contributed by atoms with Gasteiger partial charge in [0.2, 0.25) is 11.8 Å². The Hall–Kier alpha value is -5.45. The molecule has 0 radical (unpaired) electrons. The highest BCUT2D eigenvalue weighted by Crippen LogP contribution is 2.49. The Kier molecular flexibility index (Phi) is 11.7. The van der Waals surface area contributed by atoms with Crippen LogP contribution in [0.3, 0.4) is 0 Å². The summed E-state index contributed by atoms with van der Waals surface area (Å²) < 4.78 is 33.6. The van der Waals surface area contributed by atoms with E-state index in [2.05, 4.69) is 10.2 Å². The van der Waals surface area contributed by atoms with E-state index in [9.17, 15) is 9.90 Å². The summed E-state index contributed by atoms with van der Waals surface area (Å²) in [5.41, 5.74) is 4.31. The highest BCUT2D eigenvalue weighted by molar-refractivity contribution is 5.71. The van der Waals surface area contributed by atoms with Crippen molar-refractivity contribution in [3.8, 4) is 22.9 Å². The van der Waals surface area contributed by atoms with Crippen molar-refractivity contribution in [1.29, 1.82) is 0 Å². The van der Waals surface area contributed by atoms with Crippen LogP contribution in [0.5, 0.6) is 11.8 Å². The maximum Gasteiger partial charge on any atom is 0.407 e. The fraction of sp³-hybridized carbons (Fsp3) is 0.362. The first-order valence-corrected chi connectivity index (χ1v) is 20.1. The third-order valence-corrected chi connectivity index (χ3v) is 11.9. The molecule has 0 unspecified atom stereocenters. The molecule has 2 N–H and O–H groups in total. The minimum Gasteiger partial charge on any atom is -0.473 e. The number of hydrogen-bond acceptors (Lipinski definition) is 8. The molecule has 3 heterocycles. The van der Waals surface area contributed by atoms with Crippen LogP contribution in [-0.2, 0) is 24.6 Å². The monoisotopic (exact) mass is 770 g/mol. The van der Waals surface area contributed by atoms with Crippen LogP contribution in [0.2, 0.25) is 0 Å². The van der Waals surface area contributed by atoms with Crippen molar-refractivity contribution in [3.05, 3.63) is 144 Å². The number of nitrogens with one attached hydrogen (secondary N) is 1.